The summed E-state index contributed by atoms with van der Waals surface area (Å²) in [4.78, 5) is 16.4. The van der Waals surface area contributed by atoms with Gasteiger partial charge in [-0.1, -0.05) is 12.1 Å². The minimum absolute atomic E-state index is 0.0150. The van der Waals surface area contributed by atoms with E-state index < -0.39 is 0 Å². The molecule has 26 heavy (non-hydrogen) atoms. The van der Waals surface area contributed by atoms with Gasteiger partial charge in [0.05, 0.1) is 36.0 Å². The van der Waals surface area contributed by atoms with E-state index in [4.69, 9.17) is 10.00 Å². The number of rotatable bonds is 5. The number of pyridine rings is 1. The molecular formula is C19H17N5O2. The number of nitrogens with zero attached hydrogens (tertiary/aromatic N) is 5. The maximum atomic E-state index is 11.9. The fraction of sp³-hybridized carbons (Fsp3) is 0.211. The van der Waals surface area contributed by atoms with E-state index in [1.165, 1.54) is 0 Å². The SMILES string of the molecule is CCOC(=O)Cc1nc2ccc(C)cn2c1N=Nc1cccc(C#N)c1. The first-order valence-corrected chi connectivity index (χ1v) is 8.16. The summed E-state index contributed by atoms with van der Waals surface area (Å²) >= 11 is 0. The highest BCUT2D eigenvalue weighted by molar-refractivity contribution is 5.74. The number of aryl methyl sites for hydroxylation is 1. The van der Waals surface area contributed by atoms with Gasteiger partial charge in [-0.15, -0.1) is 10.2 Å². The molecule has 2 heterocycles. The fourth-order valence-corrected chi connectivity index (χ4v) is 2.50. The second-order valence-corrected chi connectivity index (χ2v) is 5.66. The largest absolute Gasteiger partial charge is 0.466 e. The van der Waals surface area contributed by atoms with Crippen molar-refractivity contribution in [1.29, 1.82) is 5.26 Å². The number of hydrogen-bond acceptors (Lipinski definition) is 6. The standard InChI is InChI=1S/C19H17N5O2/c1-3-26-18(25)10-16-19(24-12-13(2)7-8-17(24)21-16)23-22-15-6-4-5-14(9-15)11-20/h4-9,12H,3,10H2,1-2H3. The predicted molar refractivity (Wildman–Crippen MR) is 95.6 cm³/mol. The molecule has 0 radical (unpaired) electrons. The van der Waals surface area contributed by atoms with Crippen LogP contribution in [0.4, 0.5) is 11.5 Å². The number of benzene rings is 1. The van der Waals surface area contributed by atoms with Gasteiger partial charge >= 0.3 is 5.97 Å². The van der Waals surface area contributed by atoms with Crippen molar-refractivity contribution >= 4 is 23.1 Å². The number of carbonyl (C=O) groups is 1. The quantitative estimate of drug-likeness (QED) is 0.514. The van der Waals surface area contributed by atoms with Crippen LogP contribution in [-0.2, 0) is 16.0 Å². The average molecular weight is 347 g/mol. The lowest BCUT2D eigenvalue weighted by atomic mass is 10.2. The van der Waals surface area contributed by atoms with Crippen LogP contribution in [0, 0.1) is 18.3 Å². The number of hydrogen-bond donors (Lipinski definition) is 0. The molecule has 3 aromatic rings. The average Bonchev–Trinajstić information content (AvgIpc) is 2.96. The van der Waals surface area contributed by atoms with Crippen LogP contribution in [0.1, 0.15) is 23.7 Å². The van der Waals surface area contributed by atoms with E-state index in [0.29, 0.717) is 35.0 Å². The van der Waals surface area contributed by atoms with E-state index in [2.05, 4.69) is 21.3 Å². The third-order valence-electron chi connectivity index (χ3n) is 3.66. The van der Waals surface area contributed by atoms with Crippen molar-refractivity contribution in [2.24, 2.45) is 10.2 Å². The summed E-state index contributed by atoms with van der Waals surface area (Å²) in [7, 11) is 0. The van der Waals surface area contributed by atoms with Crippen molar-refractivity contribution in [2.45, 2.75) is 20.3 Å². The molecular weight excluding hydrogens is 330 g/mol. The Bertz CT molecular complexity index is 1030. The molecule has 0 saturated heterocycles. The molecule has 7 nitrogen and oxygen atoms in total. The van der Waals surface area contributed by atoms with Gasteiger partial charge in [0.1, 0.15) is 5.65 Å². The van der Waals surface area contributed by atoms with E-state index in [1.54, 1.807) is 35.6 Å². The van der Waals surface area contributed by atoms with Crippen LogP contribution in [0.5, 0.6) is 0 Å². The van der Waals surface area contributed by atoms with E-state index in [0.717, 1.165) is 5.56 Å². The van der Waals surface area contributed by atoms with Crippen LogP contribution in [-0.4, -0.2) is 22.0 Å². The highest BCUT2D eigenvalue weighted by atomic mass is 16.5. The maximum Gasteiger partial charge on any atom is 0.312 e. The van der Waals surface area contributed by atoms with Gasteiger partial charge in [-0.05, 0) is 43.7 Å². The number of ether oxygens (including phenoxy) is 1. The van der Waals surface area contributed by atoms with Gasteiger partial charge in [-0.3, -0.25) is 9.20 Å². The van der Waals surface area contributed by atoms with Crippen LogP contribution in [0.25, 0.3) is 5.65 Å². The van der Waals surface area contributed by atoms with Gasteiger partial charge in [0.15, 0.2) is 5.82 Å². The van der Waals surface area contributed by atoms with Gasteiger partial charge in [0.25, 0.3) is 0 Å². The summed E-state index contributed by atoms with van der Waals surface area (Å²) in [6, 6.07) is 12.7. The van der Waals surface area contributed by atoms with Crippen LogP contribution < -0.4 is 0 Å². The zero-order chi connectivity index (χ0) is 18.5. The molecule has 0 amide bonds. The number of azo groups is 1. The fourth-order valence-electron chi connectivity index (χ4n) is 2.50. The summed E-state index contributed by atoms with van der Waals surface area (Å²) in [6.45, 7) is 4.03. The third-order valence-corrected chi connectivity index (χ3v) is 3.66. The van der Waals surface area contributed by atoms with Crippen molar-refractivity contribution in [3.63, 3.8) is 0 Å². The number of imidazole rings is 1. The highest BCUT2D eigenvalue weighted by Gasteiger charge is 2.16. The van der Waals surface area contributed by atoms with Crippen molar-refractivity contribution in [2.75, 3.05) is 6.61 Å². The van der Waals surface area contributed by atoms with Gasteiger partial charge in [0.2, 0.25) is 0 Å². The minimum Gasteiger partial charge on any atom is -0.466 e. The number of fused-ring (bicyclic) bond motifs is 1. The summed E-state index contributed by atoms with van der Waals surface area (Å²) in [5, 5.41) is 17.5. The molecule has 0 aliphatic heterocycles. The Morgan fingerprint density at radius 3 is 2.92 bits per heavy atom. The molecule has 0 unspecified atom stereocenters. The molecule has 2 aromatic heterocycles. The molecule has 0 aliphatic rings. The maximum absolute atomic E-state index is 11.9. The second-order valence-electron chi connectivity index (χ2n) is 5.66. The van der Waals surface area contributed by atoms with Crippen molar-refractivity contribution in [1.82, 2.24) is 9.38 Å². The molecule has 0 atom stereocenters. The molecule has 0 fully saturated rings. The first-order valence-electron chi connectivity index (χ1n) is 8.16. The number of nitriles is 1. The lowest BCUT2D eigenvalue weighted by molar-refractivity contribution is -0.142. The molecule has 0 saturated carbocycles. The Labute approximate surface area is 150 Å². The molecule has 0 bridgehead atoms. The summed E-state index contributed by atoms with van der Waals surface area (Å²) in [5.41, 5.74) is 3.25. The normalized spacial score (nSPS) is 11.0. The number of carbonyl (C=O) groups excluding carboxylic acids is 1. The Morgan fingerprint density at radius 2 is 2.15 bits per heavy atom. The van der Waals surface area contributed by atoms with Gasteiger partial charge in [0, 0.05) is 6.20 Å². The summed E-state index contributed by atoms with van der Waals surface area (Å²) in [6.07, 6.45) is 1.90. The Hall–Kier alpha value is -3.53. The first-order chi connectivity index (χ1) is 12.6. The van der Waals surface area contributed by atoms with Gasteiger partial charge in [-0.2, -0.15) is 5.26 Å². The van der Waals surface area contributed by atoms with Crippen LogP contribution in [0.15, 0.2) is 52.8 Å². The number of aromatic nitrogens is 2. The van der Waals surface area contributed by atoms with Crippen molar-refractivity contribution < 1.29 is 9.53 Å². The first kappa shape index (κ1) is 17.3. The topological polar surface area (TPSA) is 92.1 Å². The van der Waals surface area contributed by atoms with E-state index in [9.17, 15) is 4.79 Å². The molecule has 3 rings (SSSR count). The molecule has 0 spiro atoms. The number of esters is 1. The second kappa shape index (κ2) is 7.57. The summed E-state index contributed by atoms with van der Waals surface area (Å²) < 4.78 is 6.81. The monoisotopic (exact) mass is 347 g/mol. The molecule has 7 heteroatoms. The predicted octanol–water partition coefficient (Wildman–Crippen LogP) is 4.04. The Balaban J connectivity index is 2.03. The van der Waals surface area contributed by atoms with Gasteiger partial charge in [-0.25, -0.2) is 4.98 Å². The van der Waals surface area contributed by atoms with Crippen molar-refractivity contribution in [3.05, 3.63) is 59.4 Å². The van der Waals surface area contributed by atoms with E-state index >= 15 is 0 Å². The highest BCUT2D eigenvalue weighted by Crippen LogP contribution is 2.25. The zero-order valence-electron chi connectivity index (χ0n) is 14.5. The van der Waals surface area contributed by atoms with Crippen LogP contribution in [0.2, 0.25) is 0 Å². The van der Waals surface area contributed by atoms with Crippen LogP contribution >= 0.6 is 0 Å². The lowest BCUT2D eigenvalue weighted by Crippen LogP contribution is -2.07. The Morgan fingerprint density at radius 1 is 1.31 bits per heavy atom. The molecule has 0 N–H and O–H groups in total. The Kier molecular flexibility index (Phi) is 5.04. The van der Waals surface area contributed by atoms with Crippen molar-refractivity contribution in [3.8, 4) is 6.07 Å². The molecule has 1 aromatic carbocycles. The summed E-state index contributed by atoms with van der Waals surface area (Å²) in [5.74, 6) is 0.106. The zero-order valence-corrected chi connectivity index (χ0v) is 14.5. The minimum atomic E-state index is -0.365. The third kappa shape index (κ3) is 3.75. The van der Waals surface area contributed by atoms with Gasteiger partial charge < -0.3 is 4.74 Å². The lowest BCUT2D eigenvalue weighted by Gasteiger charge is -2.01. The van der Waals surface area contributed by atoms with E-state index in [1.807, 2.05) is 25.3 Å². The van der Waals surface area contributed by atoms with E-state index in [-0.39, 0.29) is 12.4 Å². The van der Waals surface area contributed by atoms with Crippen LogP contribution in [0.3, 0.4) is 0 Å². The smallest absolute Gasteiger partial charge is 0.312 e. The molecule has 130 valence electrons. The molecule has 0 aliphatic carbocycles.